The number of aliphatic hydroxyl groups excluding tert-OH is 1. The van der Waals surface area contributed by atoms with Gasteiger partial charge in [-0.3, -0.25) is 9.55 Å². The first kappa shape index (κ1) is 25.2. The monoisotopic (exact) mass is 542 g/mol. The Hall–Kier alpha value is -2.85. The Balaban J connectivity index is 1.74. The SMILES string of the molecule is O=c1n(Cc2ccnc(-c3cccc(Cl)c3Cl)c2)nc(-c2ccc(Cl)cc2)n1CC(O)C(F)(F)F. The van der Waals surface area contributed by atoms with E-state index in [1.54, 1.807) is 30.3 Å². The molecule has 1 atom stereocenters. The van der Waals surface area contributed by atoms with E-state index < -0.39 is 24.5 Å². The Bertz CT molecular complexity index is 1420. The highest BCUT2D eigenvalue weighted by molar-refractivity contribution is 6.43. The average Bonchev–Trinajstić information content (AvgIpc) is 3.11. The zero-order chi connectivity index (χ0) is 25.3. The molecule has 182 valence electrons. The van der Waals surface area contributed by atoms with E-state index in [0.29, 0.717) is 37.5 Å². The Morgan fingerprint density at radius 1 is 1.03 bits per heavy atom. The van der Waals surface area contributed by atoms with Crippen molar-refractivity contribution >= 4 is 34.8 Å². The molecular weight excluding hydrogens is 528 g/mol. The first-order valence-electron chi connectivity index (χ1n) is 10.1. The van der Waals surface area contributed by atoms with Crippen LogP contribution in [0.5, 0.6) is 0 Å². The van der Waals surface area contributed by atoms with E-state index in [1.165, 1.54) is 30.5 Å². The van der Waals surface area contributed by atoms with Crippen LogP contribution in [-0.2, 0) is 13.1 Å². The van der Waals surface area contributed by atoms with Crippen LogP contribution in [-0.4, -0.2) is 36.7 Å². The molecule has 12 heteroatoms. The molecule has 4 aromatic rings. The maximum absolute atomic E-state index is 13.1. The Morgan fingerprint density at radius 3 is 2.43 bits per heavy atom. The number of pyridine rings is 1. The van der Waals surface area contributed by atoms with Crippen molar-refractivity contribution in [3.05, 3.63) is 91.9 Å². The minimum absolute atomic E-state index is 0.0397. The third-order valence-corrected chi connectivity index (χ3v) is 6.21. The summed E-state index contributed by atoms with van der Waals surface area (Å²) in [5, 5.41) is 14.9. The third kappa shape index (κ3) is 5.54. The van der Waals surface area contributed by atoms with Gasteiger partial charge in [0.15, 0.2) is 11.9 Å². The number of hydrogen-bond acceptors (Lipinski definition) is 4. The fourth-order valence-electron chi connectivity index (χ4n) is 3.39. The molecule has 0 aliphatic carbocycles. The quantitative estimate of drug-likeness (QED) is 0.338. The Labute approximate surface area is 212 Å². The van der Waals surface area contributed by atoms with Crippen LogP contribution in [0.3, 0.4) is 0 Å². The molecule has 1 N–H and O–H groups in total. The maximum Gasteiger partial charge on any atom is 0.416 e. The van der Waals surface area contributed by atoms with Crippen molar-refractivity contribution in [2.45, 2.75) is 25.4 Å². The van der Waals surface area contributed by atoms with Gasteiger partial charge in [-0.1, -0.05) is 46.9 Å². The second-order valence-corrected chi connectivity index (χ2v) is 8.81. The minimum Gasteiger partial charge on any atom is -0.382 e. The first-order valence-corrected chi connectivity index (χ1v) is 11.3. The molecule has 0 aliphatic rings. The number of aromatic nitrogens is 4. The highest BCUT2D eigenvalue weighted by Gasteiger charge is 2.39. The molecule has 0 spiro atoms. The van der Waals surface area contributed by atoms with E-state index in [-0.39, 0.29) is 12.4 Å². The summed E-state index contributed by atoms with van der Waals surface area (Å²) in [6.45, 7) is -1.08. The van der Waals surface area contributed by atoms with Crippen LogP contribution in [0.4, 0.5) is 13.2 Å². The summed E-state index contributed by atoms with van der Waals surface area (Å²) >= 11 is 18.3. The van der Waals surface area contributed by atoms with Crippen LogP contribution in [0, 0.1) is 0 Å². The van der Waals surface area contributed by atoms with Gasteiger partial charge in [0.2, 0.25) is 0 Å². The van der Waals surface area contributed by atoms with Gasteiger partial charge in [-0.2, -0.15) is 13.2 Å². The summed E-state index contributed by atoms with van der Waals surface area (Å²) in [6.07, 6.45) is -6.15. The van der Waals surface area contributed by atoms with Gasteiger partial charge in [-0.15, -0.1) is 5.10 Å². The lowest BCUT2D eigenvalue weighted by Gasteiger charge is -2.15. The van der Waals surface area contributed by atoms with E-state index in [2.05, 4.69) is 10.1 Å². The summed E-state index contributed by atoms with van der Waals surface area (Å²) in [4.78, 5) is 17.3. The maximum atomic E-state index is 13.1. The second-order valence-electron chi connectivity index (χ2n) is 7.59. The molecule has 0 amide bonds. The number of halogens is 6. The molecule has 2 aromatic heterocycles. The van der Waals surface area contributed by atoms with Crippen molar-refractivity contribution in [1.82, 2.24) is 19.3 Å². The molecular formula is C23H16Cl3F3N4O2. The zero-order valence-electron chi connectivity index (χ0n) is 17.7. The first-order chi connectivity index (χ1) is 16.5. The lowest BCUT2D eigenvalue weighted by molar-refractivity contribution is -0.207. The van der Waals surface area contributed by atoms with Crippen molar-refractivity contribution in [3.8, 4) is 22.6 Å². The number of alkyl halides is 3. The van der Waals surface area contributed by atoms with E-state index >= 15 is 0 Å². The van der Waals surface area contributed by atoms with Crippen LogP contribution in [0.2, 0.25) is 15.1 Å². The molecule has 0 bridgehead atoms. The van der Waals surface area contributed by atoms with Gasteiger partial charge in [0.25, 0.3) is 0 Å². The molecule has 0 radical (unpaired) electrons. The van der Waals surface area contributed by atoms with E-state index in [9.17, 15) is 23.1 Å². The number of benzene rings is 2. The standard InChI is InChI=1S/C23H16Cl3F3N4O2/c24-15-6-4-14(5-7-15)21-31-33(22(35)32(21)12-19(34)23(27,28)29)11-13-8-9-30-18(10-13)16-2-1-3-17(25)20(16)26/h1-10,19,34H,11-12H2. The molecule has 2 aromatic carbocycles. The van der Waals surface area contributed by atoms with Crippen molar-refractivity contribution < 1.29 is 18.3 Å². The smallest absolute Gasteiger partial charge is 0.382 e. The molecule has 0 aliphatic heterocycles. The van der Waals surface area contributed by atoms with Gasteiger partial charge < -0.3 is 5.11 Å². The predicted molar refractivity (Wildman–Crippen MR) is 128 cm³/mol. The van der Waals surface area contributed by atoms with Gasteiger partial charge in [0, 0.05) is 22.3 Å². The van der Waals surface area contributed by atoms with Crippen LogP contribution >= 0.6 is 34.8 Å². The fraction of sp³-hybridized carbons (Fsp3) is 0.174. The summed E-state index contributed by atoms with van der Waals surface area (Å²) < 4.78 is 40.9. The van der Waals surface area contributed by atoms with Gasteiger partial charge in [0.05, 0.1) is 28.8 Å². The molecule has 1 unspecified atom stereocenters. The number of nitrogens with zero attached hydrogens (tertiary/aromatic N) is 4. The molecule has 0 fully saturated rings. The fourth-order valence-corrected chi connectivity index (χ4v) is 3.92. The normalized spacial score (nSPS) is 12.7. The second kappa shape index (κ2) is 10.0. The van der Waals surface area contributed by atoms with Crippen molar-refractivity contribution in [2.24, 2.45) is 0 Å². The summed E-state index contributed by atoms with van der Waals surface area (Å²) in [6, 6.07) is 14.5. The molecule has 2 heterocycles. The van der Waals surface area contributed by atoms with E-state index in [4.69, 9.17) is 34.8 Å². The molecule has 0 saturated heterocycles. The van der Waals surface area contributed by atoms with E-state index in [1.807, 2.05) is 0 Å². The van der Waals surface area contributed by atoms with Crippen LogP contribution in [0.15, 0.2) is 65.6 Å². The molecule has 4 rings (SSSR count). The highest BCUT2D eigenvalue weighted by Crippen LogP contribution is 2.32. The van der Waals surface area contributed by atoms with Gasteiger partial charge in [0.1, 0.15) is 0 Å². The lowest BCUT2D eigenvalue weighted by Crippen LogP contribution is -2.37. The third-order valence-electron chi connectivity index (χ3n) is 5.14. The number of rotatable bonds is 6. The van der Waals surface area contributed by atoms with Crippen LogP contribution in [0.25, 0.3) is 22.6 Å². The molecule has 0 saturated carbocycles. The minimum atomic E-state index is -4.91. The topological polar surface area (TPSA) is 72.9 Å². The van der Waals surface area contributed by atoms with Gasteiger partial charge in [-0.05, 0) is 48.0 Å². The van der Waals surface area contributed by atoms with Crippen molar-refractivity contribution in [2.75, 3.05) is 0 Å². The van der Waals surface area contributed by atoms with Crippen molar-refractivity contribution in [3.63, 3.8) is 0 Å². The van der Waals surface area contributed by atoms with Gasteiger partial charge in [-0.25, -0.2) is 9.48 Å². The average molecular weight is 544 g/mol. The summed E-state index contributed by atoms with van der Waals surface area (Å²) in [7, 11) is 0. The predicted octanol–water partition coefficient (Wildman–Crippen LogP) is 5.71. The summed E-state index contributed by atoms with van der Waals surface area (Å²) in [5.41, 5.74) is 1.21. The van der Waals surface area contributed by atoms with Crippen molar-refractivity contribution in [1.29, 1.82) is 0 Å². The summed E-state index contributed by atoms with van der Waals surface area (Å²) in [5.74, 6) is -0.0397. The highest BCUT2D eigenvalue weighted by atomic mass is 35.5. The Kier molecular flexibility index (Phi) is 7.23. The zero-order valence-corrected chi connectivity index (χ0v) is 19.9. The van der Waals surface area contributed by atoms with Crippen LogP contribution in [0.1, 0.15) is 5.56 Å². The number of aliphatic hydroxyl groups is 1. The molecule has 35 heavy (non-hydrogen) atoms. The largest absolute Gasteiger partial charge is 0.416 e. The van der Waals surface area contributed by atoms with Crippen LogP contribution < -0.4 is 5.69 Å². The lowest BCUT2D eigenvalue weighted by atomic mass is 10.1. The molecule has 6 nitrogen and oxygen atoms in total. The number of hydrogen-bond donors (Lipinski definition) is 1. The Morgan fingerprint density at radius 2 is 1.74 bits per heavy atom. The van der Waals surface area contributed by atoms with E-state index in [0.717, 1.165) is 9.25 Å². The van der Waals surface area contributed by atoms with Gasteiger partial charge >= 0.3 is 11.9 Å².